The highest BCUT2D eigenvalue weighted by molar-refractivity contribution is 7.98. The Morgan fingerprint density at radius 3 is 2.62 bits per heavy atom. The lowest BCUT2D eigenvalue weighted by Gasteiger charge is -2.16. The second kappa shape index (κ2) is 6.13. The molecular formula is C12H19NO2S. The number of methoxy groups -OCH3 is 1. The zero-order chi connectivity index (χ0) is 12.1. The zero-order valence-corrected chi connectivity index (χ0v) is 10.8. The second-order valence-electron chi connectivity index (χ2n) is 3.51. The maximum atomic E-state index is 9.83. The normalized spacial score (nSPS) is 12.6. The third kappa shape index (κ3) is 2.70. The fraction of sp³-hybridized carbons (Fsp3) is 0.500. The van der Waals surface area contributed by atoms with Crippen LogP contribution in [-0.2, 0) is 6.42 Å². The van der Waals surface area contributed by atoms with E-state index in [0.717, 1.165) is 28.2 Å². The number of thioether (sulfide) groups is 1. The van der Waals surface area contributed by atoms with E-state index in [1.165, 1.54) is 0 Å². The third-order valence-electron chi connectivity index (χ3n) is 2.60. The molecule has 0 spiro atoms. The number of aliphatic hydroxyl groups is 1. The van der Waals surface area contributed by atoms with Crippen LogP contribution in [0.2, 0.25) is 0 Å². The van der Waals surface area contributed by atoms with Gasteiger partial charge in [-0.25, -0.2) is 0 Å². The molecule has 3 nitrogen and oxygen atoms in total. The van der Waals surface area contributed by atoms with Gasteiger partial charge in [0, 0.05) is 11.4 Å². The summed E-state index contributed by atoms with van der Waals surface area (Å²) in [5.41, 5.74) is 7.49. The van der Waals surface area contributed by atoms with Crippen LogP contribution in [0.4, 0.5) is 0 Å². The van der Waals surface area contributed by atoms with Crippen LogP contribution in [0.25, 0.3) is 0 Å². The summed E-state index contributed by atoms with van der Waals surface area (Å²) in [5, 5.41) is 9.83. The molecule has 0 aliphatic rings. The van der Waals surface area contributed by atoms with E-state index in [1.807, 2.05) is 12.3 Å². The average molecular weight is 241 g/mol. The zero-order valence-electron chi connectivity index (χ0n) is 9.99. The first-order chi connectivity index (χ1) is 7.67. The van der Waals surface area contributed by atoms with Crippen molar-refractivity contribution in [3.05, 3.63) is 23.3 Å². The molecule has 0 amide bonds. The monoisotopic (exact) mass is 241 g/mol. The van der Waals surface area contributed by atoms with Crippen LogP contribution in [0.15, 0.2) is 17.0 Å². The average Bonchev–Trinajstić information content (AvgIpc) is 2.35. The molecule has 0 aliphatic heterocycles. The fourth-order valence-corrected chi connectivity index (χ4v) is 2.34. The number of aryl methyl sites for hydroxylation is 1. The SMILES string of the molecule is CCc1cc(SC)c(C(O)CN)cc1OC. The van der Waals surface area contributed by atoms with Crippen LogP contribution in [0, 0.1) is 0 Å². The number of hydrogen-bond donors (Lipinski definition) is 2. The van der Waals surface area contributed by atoms with Crippen molar-refractivity contribution in [1.29, 1.82) is 0 Å². The van der Waals surface area contributed by atoms with Gasteiger partial charge in [-0.3, -0.25) is 0 Å². The molecule has 0 fully saturated rings. The van der Waals surface area contributed by atoms with E-state index in [9.17, 15) is 5.11 Å². The first-order valence-electron chi connectivity index (χ1n) is 5.30. The Hall–Kier alpha value is -0.710. The maximum absolute atomic E-state index is 9.83. The van der Waals surface area contributed by atoms with Crippen LogP contribution in [-0.4, -0.2) is 25.0 Å². The number of rotatable bonds is 5. The molecule has 90 valence electrons. The Balaban J connectivity index is 3.25. The number of nitrogens with two attached hydrogens (primary N) is 1. The number of hydrogen-bond acceptors (Lipinski definition) is 4. The van der Waals surface area contributed by atoms with E-state index in [1.54, 1.807) is 18.9 Å². The molecule has 0 radical (unpaired) electrons. The molecule has 3 N–H and O–H groups in total. The van der Waals surface area contributed by atoms with Crippen molar-refractivity contribution in [2.45, 2.75) is 24.3 Å². The van der Waals surface area contributed by atoms with Gasteiger partial charge in [-0.2, -0.15) is 0 Å². The molecule has 16 heavy (non-hydrogen) atoms. The van der Waals surface area contributed by atoms with Crippen molar-refractivity contribution < 1.29 is 9.84 Å². The Morgan fingerprint density at radius 2 is 2.19 bits per heavy atom. The predicted molar refractivity (Wildman–Crippen MR) is 68.2 cm³/mol. The predicted octanol–water partition coefficient (Wildman–Crippen LogP) is 1.97. The van der Waals surface area contributed by atoms with Gasteiger partial charge in [-0.1, -0.05) is 6.92 Å². The summed E-state index contributed by atoms with van der Waals surface area (Å²) in [6.45, 7) is 2.31. The molecule has 0 heterocycles. The lowest BCUT2D eigenvalue weighted by atomic mass is 10.0. The number of aliphatic hydroxyl groups excluding tert-OH is 1. The maximum Gasteiger partial charge on any atom is 0.122 e. The quantitative estimate of drug-likeness (QED) is 0.774. The summed E-state index contributed by atoms with van der Waals surface area (Å²) in [4.78, 5) is 1.07. The summed E-state index contributed by atoms with van der Waals surface area (Å²) in [6.07, 6.45) is 2.28. The number of ether oxygens (including phenoxy) is 1. The van der Waals surface area contributed by atoms with Crippen molar-refractivity contribution in [3.8, 4) is 5.75 Å². The molecular weight excluding hydrogens is 222 g/mol. The van der Waals surface area contributed by atoms with Gasteiger partial charge in [-0.15, -0.1) is 11.8 Å². The number of benzene rings is 1. The Labute approximate surface area is 101 Å². The molecule has 0 saturated carbocycles. The van der Waals surface area contributed by atoms with Gasteiger partial charge in [0.15, 0.2) is 0 Å². The molecule has 1 unspecified atom stereocenters. The van der Waals surface area contributed by atoms with E-state index >= 15 is 0 Å². The van der Waals surface area contributed by atoms with Crippen LogP contribution in [0.3, 0.4) is 0 Å². The summed E-state index contributed by atoms with van der Waals surface area (Å²) in [5.74, 6) is 0.822. The largest absolute Gasteiger partial charge is 0.496 e. The highest BCUT2D eigenvalue weighted by Gasteiger charge is 2.14. The van der Waals surface area contributed by atoms with Gasteiger partial charge in [0.1, 0.15) is 5.75 Å². The minimum atomic E-state index is -0.623. The first kappa shape index (κ1) is 13.4. The highest BCUT2D eigenvalue weighted by atomic mass is 32.2. The fourth-order valence-electron chi connectivity index (χ4n) is 1.65. The van der Waals surface area contributed by atoms with E-state index < -0.39 is 6.10 Å². The van der Waals surface area contributed by atoms with Gasteiger partial charge in [-0.05, 0) is 35.9 Å². The Kier molecular flexibility index (Phi) is 5.12. The molecule has 4 heteroatoms. The summed E-state index contributed by atoms with van der Waals surface area (Å²) in [7, 11) is 1.64. The second-order valence-corrected chi connectivity index (χ2v) is 4.36. The summed E-state index contributed by atoms with van der Waals surface area (Å²) in [6, 6.07) is 3.96. The standard InChI is InChI=1S/C12H19NO2S/c1-4-8-5-12(16-3)9(10(14)7-13)6-11(8)15-2/h5-6,10,14H,4,7,13H2,1-3H3. The van der Waals surface area contributed by atoms with E-state index in [0.29, 0.717) is 0 Å². The van der Waals surface area contributed by atoms with Gasteiger partial charge in [0.25, 0.3) is 0 Å². The molecule has 1 rings (SSSR count). The smallest absolute Gasteiger partial charge is 0.122 e. The Bertz CT molecular complexity index is 355. The molecule has 0 bridgehead atoms. The topological polar surface area (TPSA) is 55.5 Å². The summed E-state index contributed by atoms with van der Waals surface area (Å²) >= 11 is 1.62. The Morgan fingerprint density at radius 1 is 1.50 bits per heavy atom. The highest BCUT2D eigenvalue weighted by Crippen LogP contribution is 2.32. The van der Waals surface area contributed by atoms with Crippen LogP contribution in [0.1, 0.15) is 24.2 Å². The van der Waals surface area contributed by atoms with E-state index in [2.05, 4.69) is 13.0 Å². The molecule has 0 saturated heterocycles. The van der Waals surface area contributed by atoms with Crippen molar-refractivity contribution in [2.24, 2.45) is 5.73 Å². The van der Waals surface area contributed by atoms with Crippen molar-refractivity contribution >= 4 is 11.8 Å². The van der Waals surface area contributed by atoms with Crippen molar-refractivity contribution in [2.75, 3.05) is 19.9 Å². The minimum Gasteiger partial charge on any atom is -0.496 e. The summed E-state index contributed by atoms with van der Waals surface area (Å²) < 4.78 is 5.31. The van der Waals surface area contributed by atoms with Gasteiger partial charge in [0.05, 0.1) is 13.2 Å². The third-order valence-corrected chi connectivity index (χ3v) is 3.39. The van der Waals surface area contributed by atoms with Gasteiger partial charge < -0.3 is 15.6 Å². The van der Waals surface area contributed by atoms with Crippen LogP contribution >= 0.6 is 11.8 Å². The lowest BCUT2D eigenvalue weighted by Crippen LogP contribution is -2.13. The molecule has 0 aliphatic carbocycles. The van der Waals surface area contributed by atoms with Crippen molar-refractivity contribution in [1.82, 2.24) is 0 Å². The lowest BCUT2D eigenvalue weighted by molar-refractivity contribution is 0.183. The molecule has 1 aromatic rings. The first-order valence-corrected chi connectivity index (χ1v) is 6.53. The van der Waals surface area contributed by atoms with E-state index in [4.69, 9.17) is 10.5 Å². The minimum absolute atomic E-state index is 0.224. The molecule has 1 aromatic carbocycles. The van der Waals surface area contributed by atoms with E-state index in [-0.39, 0.29) is 6.54 Å². The van der Waals surface area contributed by atoms with Gasteiger partial charge in [0.2, 0.25) is 0 Å². The van der Waals surface area contributed by atoms with Crippen LogP contribution in [0.5, 0.6) is 5.75 Å². The molecule has 0 aromatic heterocycles. The van der Waals surface area contributed by atoms with Gasteiger partial charge >= 0.3 is 0 Å². The van der Waals surface area contributed by atoms with Crippen molar-refractivity contribution in [3.63, 3.8) is 0 Å². The van der Waals surface area contributed by atoms with Crippen LogP contribution < -0.4 is 10.5 Å². The molecule has 1 atom stereocenters.